The maximum Gasteiger partial charge on any atom is 0.242 e. The van der Waals surface area contributed by atoms with Crippen LogP contribution in [0.4, 0.5) is 8.78 Å². The van der Waals surface area contributed by atoms with Gasteiger partial charge in [-0.3, -0.25) is 10.1 Å². The van der Waals surface area contributed by atoms with Crippen molar-refractivity contribution in [2.24, 2.45) is 0 Å². The minimum atomic E-state index is -0.570. The Balaban J connectivity index is 1.67. The molecule has 0 aromatic heterocycles. The predicted molar refractivity (Wildman–Crippen MR) is 91.9 cm³/mol. The first kappa shape index (κ1) is 16.2. The highest BCUT2D eigenvalue weighted by Crippen LogP contribution is 2.40. The van der Waals surface area contributed by atoms with Crippen molar-refractivity contribution in [1.29, 1.82) is 0 Å². The van der Waals surface area contributed by atoms with E-state index in [2.05, 4.69) is 5.32 Å². The Bertz CT molecular complexity index is 838. The van der Waals surface area contributed by atoms with Gasteiger partial charge in [-0.15, -0.1) is 0 Å². The van der Waals surface area contributed by atoms with Crippen LogP contribution in [-0.2, 0) is 4.79 Å². The number of likely N-dealkylation sites (N-methyl/N-ethyl adjacent to an activating group) is 1. The fraction of sp³-hybridized carbons (Fsp3) is 0.350. The molecule has 2 heterocycles. The number of hydrogen-bond acceptors (Lipinski definition) is 2. The predicted octanol–water partition coefficient (Wildman–Crippen LogP) is 3.66. The average Bonchev–Trinajstić information content (AvgIpc) is 3.16. The second-order valence-corrected chi connectivity index (χ2v) is 7.01. The Kier molecular flexibility index (Phi) is 3.84. The summed E-state index contributed by atoms with van der Waals surface area (Å²) >= 11 is 0. The summed E-state index contributed by atoms with van der Waals surface area (Å²) in [4.78, 5) is 14.2. The van der Waals surface area contributed by atoms with E-state index in [1.165, 1.54) is 12.1 Å². The van der Waals surface area contributed by atoms with E-state index < -0.39 is 5.54 Å². The van der Waals surface area contributed by atoms with Gasteiger partial charge in [0.15, 0.2) is 0 Å². The van der Waals surface area contributed by atoms with Gasteiger partial charge in [0.2, 0.25) is 5.91 Å². The van der Waals surface area contributed by atoms with Gasteiger partial charge in [-0.2, -0.15) is 0 Å². The van der Waals surface area contributed by atoms with Crippen molar-refractivity contribution in [2.45, 2.75) is 30.8 Å². The summed E-state index contributed by atoms with van der Waals surface area (Å²) < 4.78 is 28.5. The fourth-order valence-corrected chi connectivity index (χ4v) is 4.07. The van der Waals surface area contributed by atoms with Gasteiger partial charge < -0.3 is 4.90 Å². The lowest BCUT2D eigenvalue weighted by Crippen LogP contribution is -2.47. The zero-order chi connectivity index (χ0) is 17.6. The topological polar surface area (TPSA) is 32.3 Å². The maximum atomic E-state index is 14.5. The number of likely N-dealkylation sites (tertiary alicyclic amines) is 1. The lowest BCUT2D eigenvalue weighted by molar-refractivity contribution is -0.131. The van der Waals surface area contributed by atoms with E-state index in [-0.39, 0.29) is 23.6 Å². The molecule has 0 saturated carbocycles. The quantitative estimate of drug-likeness (QED) is 0.903. The molecule has 2 unspecified atom stereocenters. The number of carbonyl (C=O) groups excluding carboxylic acids is 1. The molecular weight excluding hydrogens is 322 g/mol. The number of nitrogens with one attached hydrogen (secondary N) is 1. The van der Waals surface area contributed by atoms with E-state index in [4.69, 9.17) is 0 Å². The average molecular weight is 342 g/mol. The summed E-state index contributed by atoms with van der Waals surface area (Å²) in [5.74, 6) is -0.572. The van der Waals surface area contributed by atoms with Crippen molar-refractivity contribution in [3.05, 3.63) is 59.7 Å². The molecule has 0 radical (unpaired) electrons. The molecule has 2 aliphatic heterocycles. The lowest BCUT2D eigenvalue weighted by atomic mass is 9.95. The molecule has 2 aromatic rings. The van der Waals surface area contributed by atoms with E-state index in [1.54, 1.807) is 42.3 Å². The molecule has 2 aromatic carbocycles. The monoisotopic (exact) mass is 342 g/mol. The van der Waals surface area contributed by atoms with Crippen molar-refractivity contribution in [3.63, 3.8) is 0 Å². The third-order valence-electron chi connectivity index (χ3n) is 5.50. The van der Waals surface area contributed by atoms with Crippen LogP contribution in [0.1, 0.15) is 30.9 Å². The van der Waals surface area contributed by atoms with E-state index in [1.807, 2.05) is 0 Å². The zero-order valence-corrected chi connectivity index (χ0v) is 14.1. The number of carbonyl (C=O) groups is 1. The van der Waals surface area contributed by atoms with Crippen LogP contribution in [0, 0.1) is 11.6 Å². The third-order valence-corrected chi connectivity index (χ3v) is 5.50. The van der Waals surface area contributed by atoms with Gasteiger partial charge in [-0.1, -0.05) is 24.3 Å². The number of amides is 1. The highest BCUT2D eigenvalue weighted by molar-refractivity contribution is 5.88. The van der Waals surface area contributed by atoms with Gasteiger partial charge in [0.05, 0.1) is 0 Å². The molecule has 4 rings (SSSR count). The molecule has 0 aliphatic carbocycles. The number of nitrogens with zero attached hydrogens (tertiary/aromatic N) is 1. The summed E-state index contributed by atoms with van der Waals surface area (Å²) in [6.07, 6.45) is 2.13. The highest BCUT2D eigenvalue weighted by atomic mass is 19.1. The Labute approximate surface area is 145 Å². The molecule has 2 atom stereocenters. The second-order valence-electron chi connectivity index (χ2n) is 7.01. The molecule has 5 heteroatoms. The third kappa shape index (κ3) is 2.63. The molecule has 1 spiro atoms. The van der Waals surface area contributed by atoms with Gasteiger partial charge in [0, 0.05) is 30.8 Å². The molecule has 25 heavy (non-hydrogen) atoms. The van der Waals surface area contributed by atoms with Crippen molar-refractivity contribution in [3.8, 4) is 11.1 Å². The SMILES string of the molecule is CN1CCC2(CCC(c3cc(-c4ccccc4F)ccc3F)N2)C1=O. The Hall–Kier alpha value is -2.27. The molecule has 2 aliphatic rings. The van der Waals surface area contributed by atoms with E-state index >= 15 is 0 Å². The van der Waals surface area contributed by atoms with Crippen molar-refractivity contribution < 1.29 is 13.6 Å². The normalized spacial score (nSPS) is 26.0. The van der Waals surface area contributed by atoms with Crippen LogP contribution in [0.2, 0.25) is 0 Å². The summed E-state index contributed by atoms with van der Waals surface area (Å²) in [5.41, 5.74) is 1.03. The zero-order valence-electron chi connectivity index (χ0n) is 14.1. The number of rotatable bonds is 2. The lowest BCUT2D eigenvalue weighted by Gasteiger charge is -2.24. The summed E-state index contributed by atoms with van der Waals surface area (Å²) in [6.45, 7) is 0.719. The molecule has 0 bridgehead atoms. The summed E-state index contributed by atoms with van der Waals surface area (Å²) in [7, 11) is 1.80. The van der Waals surface area contributed by atoms with Crippen LogP contribution in [0.5, 0.6) is 0 Å². The minimum absolute atomic E-state index is 0.0840. The van der Waals surface area contributed by atoms with Crippen LogP contribution in [0.25, 0.3) is 11.1 Å². The maximum absolute atomic E-state index is 14.5. The smallest absolute Gasteiger partial charge is 0.242 e. The van der Waals surface area contributed by atoms with Gasteiger partial charge in [0.25, 0.3) is 0 Å². The fourth-order valence-electron chi connectivity index (χ4n) is 4.07. The van der Waals surface area contributed by atoms with Crippen LogP contribution < -0.4 is 5.32 Å². The summed E-state index contributed by atoms with van der Waals surface area (Å²) in [6, 6.07) is 10.9. The van der Waals surface area contributed by atoms with Gasteiger partial charge in [-0.25, -0.2) is 8.78 Å². The number of benzene rings is 2. The van der Waals surface area contributed by atoms with Crippen LogP contribution in [-0.4, -0.2) is 29.9 Å². The second kappa shape index (κ2) is 5.92. The first-order chi connectivity index (χ1) is 12.0. The van der Waals surface area contributed by atoms with E-state index in [9.17, 15) is 13.6 Å². The molecule has 2 saturated heterocycles. The van der Waals surface area contributed by atoms with E-state index in [0.29, 0.717) is 29.5 Å². The Morgan fingerprint density at radius 2 is 1.92 bits per heavy atom. The summed E-state index contributed by atoms with van der Waals surface area (Å²) in [5, 5.41) is 3.37. The largest absolute Gasteiger partial charge is 0.344 e. The first-order valence-electron chi connectivity index (χ1n) is 8.58. The van der Waals surface area contributed by atoms with Gasteiger partial charge in [0.1, 0.15) is 17.2 Å². The number of halogens is 2. The highest BCUT2D eigenvalue weighted by Gasteiger charge is 2.50. The molecule has 3 nitrogen and oxygen atoms in total. The minimum Gasteiger partial charge on any atom is -0.344 e. The first-order valence-corrected chi connectivity index (χ1v) is 8.58. The van der Waals surface area contributed by atoms with Crippen LogP contribution >= 0.6 is 0 Å². The Morgan fingerprint density at radius 3 is 2.64 bits per heavy atom. The van der Waals surface area contributed by atoms with Crippen molar-refractivity contribution in [2.75, 3.05) is 13.6 Å². The Morgan fingerprint density at radius 1 is 1.12 bits per heavy atom. The van der Waals surface area contributed by atoms with Crippen molar-refractivity contribution >= 4 is 5.91 Å². The molecule has 2 fully saturated rings. The standard InChI is InChI=1S/C20H20F2N2O/c1-24-11-10-20(19(24)25)9-8-18(23-20)15-12-13(6-7-17(15)22)14-4-2-3-5-16(14)21/h2-7,12,18,23H,8-11H2,1H3. The molecule has 1 amide bonds. The van der Waals surface area contributed by atoms with Gasteiger partial charge >= 0.3 is 0 Å². The van der Waals surface area contributed by atoms with E-state index in [0.717, 1.165) is 13.0 Å². The van der Waals surface area contributed by atoms with Crippen LogP contribution in [0.15, 0.2) is 42.5 Å². The molecule has 130 valence electrons. The van der Waals surface area contributed by atoms with Gasteiger partial charge in [-0.05, 0) is 43.0 Å². The molecular formula is C20H20F2N2O. The molecule has 1 N–H and O–H groups in total. The van der Waals surface area contributed by atoms with Crippen molar-refractivity contribution in [1.82, 2.24) is 10.2 Å². The number of hydrogen-bond donors (Lipinski definition) is 1. The van der Waals surface area contributed by atoms with Crippen LogP contribution in [0.3, 0.4) is 0 Å².